The lowest BCUT2D eigenvalue weighted by Crippen LogP contribution is -2.38. The first-order valence-electron chi connectivity index (χ1n) is 8.76. The Labute approximate surface area is 163 Å². The van der Waals surface area contributed by atoms with Gasteiger partial charge in [0, 0.05) is 18.8 Å². The van der Waals surface area contributed by atoms with Crippen LogP contribution in [0.15, 0.2) is 42.5 Å². The molecule has 2 rings (SSSR count). The number of nitrogens with zero attached hydrogens (tertiary/aromatic N) is 1. The van der Waals surface area contributed by atoms with Crippen LogP contribution in [0.2, 0.25) is 0 Å². The van der Waals surface area contributed by atoms with E-state index >= 15 is 0 Å². The number of benzene rings is 2. The number of amides is 2. The van der Waals surface area contributed by atoms with Crippen molar-refractivity contribution < 1.29 is 23.8 Å². The summed E-state index contributed by atoms with van der Waals surface area (Å²) in [5, 5.41) is 14.4. The number of aliphatic hydroxyl groups excluding tert-OH is 1. The number of carbonyl (C=O) groups excluding carboxylic acids is 2. The maximum atomic E-state index is 13.4. The average Bonchev–Trinajstić information content (AvgIpc) is 2.67. The fourth-order valence-electron chi connectivity index (χ4n) is 2.36. The highest BCUT2D eigenvalue weighted by atomic mass is 19.1. The van der Waals surface area contributed by atoms with Gasteiger partial charge in [-0.1, -0.05) is 17.7 Å². The molecule has 2 amide bonds. The lowest BCUT2D eigenvalue weighted by molar-refractivity contribution is -0.131. The summed E-state index contributed by atoms with van der Waals surface area (Å²) >= 11 is 0. The van der Waals surface area contributed by atoms with Crippen molar-refractivity contribution in [1.82, 2.24) is 4.90 Å². The second kappa shape index (κ2) is 10.3. The normalized spacial score (nSPS) is 10.3. The smallest absolute Gasteiger partial charge is 0.243 e. The monoisotopic (exact) mass is 389 g/mol. The Morgan fingerprint density at radius 3 is 2.57 bits per heavy atom. The maximum absolute atomic E-state index is 13.4. The van der Waals surface area contributed by atoms with Crippen molar-refractivity contribution in [1.29, 1.82) is 0 Å². The Morgan fingerprint density at radius 1 is 1.18 bits per heavy atom. The van der Waals surface area contributed by atoms with Gasteiger partial charge < -0.3 is 25.4 Å². The van der Waals surface area contributed by atoms with Gasteiger partial charge in [0.15, 0.2) is 0 Å². The summed E-state index contributed by atoms with van der Waals surface area (Å²) < 4.78 is 18.6. The molecular weight excluding hydrogens is 365 g/mol. The molecule has 0 saturated heterocycles. The van der Waals surface area contributed by atoms with E-state index in [1.165, 1.54) is 30.1 Å². The van der Waals surface area contributed by atoms with Crippen LogP contribution in [-0.4, -0.2) is 55.2 Å². The Bertz CT molecular complexity index is 812. The van der Waals surface area contributed by atoms with E-state index in [0.29, 0.717) is 11.4 Å². The van der Waals surface area contributed by atoms with Gasteiger partial charge in [0.25, 0.3) is 0 Å². The highest BCUT2D eigenvalue weighted by Gasteiger charge is 2.14. The summed E-state index contributed by atoms with van der Waals surface area (Å²) in [6.45, 7) is 1.53. The molecule has 0 saturated carbocycles. The topological polar surface area (TPSA) is 90.9 Å². The van der Waals surface area contributed by atoms with Crippen molar-refractivity contribution in [2.75, 3.05) is 44.0 Å². The first-order valence-corrected chi connectivity index (χ1v) is 8.76. The largest absolute Gasteiger partial charge is 0.489 e. The van der Waals surface area contributed by atoms with E-state index in [1.807, 2.05) is 19.1 Å². The van der Waals surface area contributed by atoms with Crippen molar-refractivity contribution in [2.45, 2.75) is 6.92 Å². The minimum Gasteiger partial charge on any atom is -0.489 e. The van der Waals surface area contributed by atoms with Crippen LogP contribution in [0.4, 0.5) is 15.8 Å². The lowest BCUT2D eigenvalue weighted by atomic mass is 10.2. The third kappa shape index (κ3) is 6.55. The molecule has 0 aromatic heterocycles. The van der Waals surface area contributed by atoms with Crippen LogP contribution >= 0.6 is 0 Å². The van der Waals surface area contributed by atoms with Gasteiger partial charge in [-0.25, -0.2) is 4.39 Å². The van der Waals surface area contributed by atoms with Gasteiger partial charge >= 0.3 is 0 Å². The summed E-state index contributed by atoms with van der Waals surface area (Å²) in [6.07, 6.45) is 0. The molecule has 0 heterocycles. The molecule has 0 atom stereocenters. The zero-order chi connectivity index (χ0) is 20.5. The Balaban J connectivity index is 1.86. The molecule has 28 heavy (non-hydrogen) atoms. The first kappa shape index (κ1) is 21.2. The molecule has 0 spiro atoms. The van der Waals surface area contributed by atoms with E-state index in [2.05, 4.69) is 10.6 Å². The third-order valence-electron chi connectivity index (χ3n) is 3.86. The fraction of sp³-hybridized carbons (Fsp3) is 0.300. The van der Waals surface area contributed by atoms with Gasteiger partial charge in [0.1, 0.15) is 18.2 Å². The van der Waals surface area contributed by atoms with Gasteiger partial charge in [-0.05, 0) is 31.2 Å². The number of rotatable bonds is 9. The van der Waals surface area contributed by atoms with Crippen molar-refractivity contribution in [3.8, 4) is 5.75 Å². The van der Waals surface area contributed by atoms with E-state index in [9.17, 15) is 14.0 Å². The van der Waals surface area contributed by atoms with Crippen LogP contribution in [0, 0.1) is 12.7 Å². The van der Waals surface area contributed by atoms with E-state index in [4.69, 9.17) is 9.84 Å². The van der Waals surface area contributed by atoms with Crippen molar-refractivity contribution >= 4 is 23.2 Å². The number of ether oxygens (including phenoxy) is 1. The molecule has 0 aliphatic carbocycles. The molecule has 0 aliphatic heterocycles. The molecular formula is C20H24FN3O4. The molecule has 150 valence electrons. The number of aliphatic hydroxyl groups is 1. The van der Waals surface area contributed by atoms with E-state index < -0.39 is 5.82 Å². The van der Waals surface area contributed by atoms with Crippen LogP contribution < -0.4 is 15.4 Å². The van der Waals surface area contributed by atoms with E-state index in [-0.39, 0.29) is 43.9 Å². The minimum atomic E-state index is -0.491. The maximum Gasteiger partial charge on any atom is 0.243 e. The lowest BCUT2D eigenvalue weighted by Gasteiger charge is -2.18. The second-order valence-electron chi connectivity index (χ2n) is 6.23. The number of hydrogen-bond donors (Lipinski definition) is 3. The molecule has 7 nitrogen and oxygen atoms in total. The quantitative estimate of drug-likeness (QED) is 0.610. The summed E-state index contributed by atoms with van der Waals surface area (Å²) in [6, 6.07) is 11.2. The molecule has 8 heteroatoms. The van der Waals surface area contributed by atoms with Gasteiger partial charge in [0.05, 0.1) is 25.4 Å². The Kier molecular flexibility index (Phi) is 7.76. The van der Waals surface area contributed by atoms with E-state index in [1.54, 1.807) is 12.1 Å². The first-order chi connectivity index (χ1) is 13.4. The van der Waals surface area contributed by atoms with Crippen LogP contribution in [0.1, 0.15) is 5.56 Å². The predicted molar refractivity (Wildman–Crippen MR) is 105 cm³/mol. The zero-order valence-electron chi connectivity index (χ0n) is 15.9. The number of likely N-dealkylation sites (N-methyl/N-ethyl adjacent to an activating group) is 1. The number of aryl methyl sites for hydroxylation is 1. The van der Waals surface area contributed by atoms with Gasteiger partial charge in [0.2, 0.25) is 11.8 Å². The molecule has 3 N–H and O–H groups in total. The Hall–Kier alpha value is -3.13. The zero-order valence-corrected chi connectivity index (χ0v) is 15.9. The minimum absolute atomic E-state index is 0.00512. The second-order valence-corrected chi connectivity index (χ2v) is 6.23. The molecule has 0 fully saturated rings. The van der Waals surface area contributed by atoms with Gasteiger partial charge in [-0.2, -0.15) is 0 Å². The van der Waals surface area contributed by atoms with E-state index in [0.717, 1.165) is 5.56 Å². The Morgan fingerprint density at radius 2 is 1.89 bits per heavy atom. The van der Waals surface area contributed by atoms with Crippen LogP contribution in [-0.2, 0) is 9.59 Å². The predicted octanol–water partition coefficient (Wildman–Crippen LogP) is 2.01. The van der Waals surface area contributed by atoms with Crippen LogP contribution in [0.3, 0.4) is 0 Å². The molecule has 0 aliphatic rings. The summed E-state index contributed by atoms with van der Waals surface area (Å²) in [5.74, 6) is -0.929. The summed E-state index contributed by atoms with van der Waals surface area (Å²) in [5.41, 5.74) is 2.16. The summed E-state index contributed by atoms with van der Waals surface area (Å²) in [4.78, 5) is 25.6. The molecule has 0 unspecified atom stereocenters. The van der Waals surface area contributed by atoms with Crippen molar-refractivity contribution in [3.63, 3.8) is 0 Å². The van der Waals surface area contributed by atoms with Crippen molar-refractivity contribution in [2.24, 2.45) is 0 Å². The van der Waals surface area contributed by atoms with Crippen molar-refractivity contribution in [3.05, 3.63) is 53.8 Å². The standard InChI is InChI=1S/C20H24FN3O4/c1-14-3-6-16(7-4-14)23-19(26)13-24(2)20(27)12-22-17-8-5-15(21)11-18(17)28-10-9-25/h3-8,11,22,25H,9-10,12-13H2,1-2H3,(H,23,26). The number of hydrogen-bond acceptors (Lipinski definition) is 5. The fourth-order valence-corrected chi connectivity index (χ4v) is 2.36. The van der Waals surface area contributed by atoms with Gasteiger partial charge in [-0.3, -0.25) is 9.59 Å². The number of nitrogens with one attached hydrogen (secondary N) is 2. The molecule has 2 aromatic rings. The molecule has 0 radical (unpaired) electrons. The SMILES string of the molecule is Cc1ccc(NC(=O)CN(C)C(=O)CNc2ccc(F)cc2OCCO)cc1. The number of carbonyl (C=O) groups is 2. The van der Waals surface area contributed by atoms with Crippen LogP contribution in [0.5, 0.6) is 5.75 Å². The van der Waals surface area contributed by atoms with Gasteiger partial charge in [-0.15, -0.1) is 0 Å². The average molecular weight is 389 g/mol. The summed E-state index contributed by atoms with van der Waals surface area (Å²) in [7, 11) is 1.52. The molecule has 0 bridgehead atoms. The highest BCUT2D eigenvalue weighted by Crippen LogP contribution is 2.25. The third-order valence-corrected chi connectivity index (χ3v) is 3.86. The van der Waals surface area contributed by atoms with Crippen LogP contribution in [0.25, 0.3) is 0 Å². The number of anilines is 2. The molecule has 2 aromatic carbocycles. The number of halogens is 1. The highest BCUT2D eigenvalue weighted by molar-refractivity contribution is 5.95.